The highest BCUT2D eigenvalue weighted by atomic mass is 32.2. The van der Waals surface area contributed by atoms with E-state index in [0.717, 1.165) is 12.8 Å². The number of esters is 1. The molecule has 2 N–H and O–H groups in total. The minimum atomic E-state index is -4.18. The van der Waals surface area contributed by atoms with E-state index in [0.29, 0.717) is 51.2 Å². The minimum Gasteiger partial charge on any atom is -0.463 e. The molecule has 12 nitrogen and oxygen atoms in total. The van der Waals surface area contributed by atoms with Gasteiger partial charge >= 0.3 is 12.1 Å². The van der Waals surface area contributed by atoms with Crippen LogP contribution in [0.15, 0.2) is 35.2 Å². The lowest BCUT2D eigenvalue weighted by Crippen LogP contribution is -2.65. The SMILES string of the molecule is CCOC(=O)[C@](C)(NC(=O)[C@@H]1CCCN(C(=O)CCC2CCN(C(=O)OC(C)(C)C)CC2)C1)NS(=O)(=O)c1ccccc1. The Balaban J connectivity index is 1.55. The van der Waals surface area contributed by atoms with E-state index in [1.165, 1.54) is 19.1 Å². The molecule has 0 bridgehead atoms. The summed E-state index contributed by atoms with van der Waals surface area (Å²) in [6.45, 7) is 10.2. The second kappa shape index (κ2) is 14.5. The molecule has 43 heavy (non-hydrogen) atoms. The van der Waals surface area contributed by atoms with Crippen LogP contribution in [0.3, 0.4) is 0 Å². The minimum absolute atomic E-state index is 0.0108. The zero-order chi connectivity index (χ0) is 31.8. The number of sulfonamides is 1. The molecule has 1 aromatic carbocycles. The lowest BCUT2D eigenvalue weighted by molar-refractivity contribution is -0.154. The van der Waals surface area contributed by atoms with Crippen LogP contribution in [-0.2, 0) is 33.9 Å². The number of piperidine rings is 2. The van der Waals surface area contributed by atoms with Gasteiger partial charge in [0.2, 0.25) is 27.5 Å². The Morgan fingerprint density at radius 1 is 0.953 bits per heavy atom. The molecule has 0 aromatic heterocycles. The molecule has 0 radical (unpaired) electrons. The number of rotatable bonds is 10. The van der Waals surface area contributed by atoms with Gasteiger partial charge in [-0.2, -0.15) is 4.72 Å². The molecule has 2 aliphatic heterocycles. The average Bonchev–Trinajstić information content (AvgIpc) is 2.95. The first-order chi connectivity index (χ1) is 20.1. The van der Waals surface area contributed by atoms with Crippen molar-refractivity contribution < 1.29 is 37.1 Å². The number of nitrogens with one attached hydrogen (secondary N) is 2. The van der Waals surface area contributed by atoms with E-state index in [1.807, 2.05) is 20.8 Å². The van der Waals surface area contributed by atoms with E-state index in [2.05, 4.69) is 10.0 Å². The smallest absolute Gasteiger partial charge is 0.410 e. The number of amides is 3. The summed E-state index contributed by atoms with van der Waals surface area (Å²) < 4.78 is 38.9. The molecule has 3 rings (SSSR count). The lowest BCUT2D eigenvalue weighted by atomic mass is 9.91. The number of nitrogens with zero attached hydrogens (tertiary/aromatic N) is 2. The van der Waals surface area contributed by atoms with Gasteiger partial charge in [0.05, 0.1) is 17.4 Å². The van der Waals surface area contributed by atoms with Crippen LogP contribution in [0.1, 0.15) is 73.1 Å². The topological polar surface area (TPSA) is 151 Å². The highest BCUT2D eigenvalue weighted by Gasteiger charge is 2.43. The van der Waals surface area contributed by atoms with Crippen molar-refractivity contribution in [1.29, 1.82) is 0 Å². The van der Waals surface area contributed by atoms with Crippen LogP contribution >= 0.6 is 0 Å². The fraction of sp³-hybridized carbons (Fsp3) is 0.667. The van der Waals surface area contributed by atoms with Crippen LogP contribution in [0.4, 0.5) is 4.79 Å². The van der Waals surface area contributed by atoms with Crippen molar-refractivity contribution in [2.24, 2.45) is 11.8 Å². The fourth-order valence-corrected chi connectivity index (χ4v) is 6.61. The Hall–Kier alpha value is -3.19. The van der Waals surface area contributed by atoms with Gasteiger partial charge in [0.15, 0.2) is 0 Å². The first kappa shape index (κ1) is 34.3. The molecule has 0 aliphatic carbocycles. The highest BCUT2D eigenvalue weighted by molar-refractivity contribution is 7.89. The number of likely N-dealkylation sites (tertiary alicyclic amines) is 2. The normalized spacial score (nSPS) is 19.7. The van der Waals surface area contributed by atoms with Crippen LogP contribution in [-0.4, -0.2) is 86.1 Å². The largest absolute Gasteiger partial charge is 0.463 e. The number of hydrogen-bond acceptors (Lipinski definition) is 8. The molecule has 13 heteroatoms. The predicted octanol–water partition coefficient (Wildman–Crippen LogP) is 3.03. The summed E-state index contributed by atoms with van der Waals surface area (Å²) in [4.78, 5) is 55.0. The molecule has 0 saturated carbocycles. The summed E-state index contributed by atoms with van der Waals surface area (Å²) >= 11 is 0. The Bertz CT molecular complexity index is 1240. The highest BCUT2D eigenvalue weighted by Crippen LogP contribution is 2.25. The van der Waals surface area contributed by atoms with Crippen molar-refractivity contribution in [3.05, 3.63) is 30.3 Å². The Morgan fingerprint density at radius 3 is 2.21 bits per heavy atom. The van der Waals surface area contributed by atoms with Gasteiger partial charge in [0.25, 0.3) is 0 Å². The van der Waals surface area contributed by atoms with Gasteiger partial charge in [-0.15, -0.1) is 0 Å². The van der Waals surface area contributed by atoms with Gasteiger partial charge in [0.1, 0.15) is 5.60 Å². The summed E-state index contributed by atoms with van der Waals surface area (Å²) in [6, 6.07) is 7.52. The number of carbonyl (C=O) groups is 4. The Morgan fingerprint density at radius 2 is 1.60 bits per heavy atom. The standard InChI is InChI=1S/C30H46N4O8S/c1-6-41-27(37)30(5,32-43(39,40)24-12-8-7-9-13-24)31-26(36)23-11-10-18-34(21-23)25(35)15-14-22-16-19-33(20-17-22)28(38)42-29(2,3)4/h7-9,12-13,22-23,32H,6,10-11,14-21H2,1-5H3,(H,31,36)/t23-,30-/m1/s1. The van der Waals surface area contributed by atoms with E-state index in [-0.39, 0.29) is 30.0 Å². The monoisotopic (exact) mass is 622 g/mol. The van der Waals surface area contributed by atoms with Crippen LogP contribution in [0, 0.1) is 11.8 Å². The third-order valence-corrected chi connectivity index (χ3v) is 9.20. The molecule has 3 amide bonds. The van der Waals surface area contributed by atoms with Crippen LogP contribution in [0.25, 0.3) is 0 Å². The third kappa shape index (κ3) is 9.92. The van der Waals surface area contributed by atoms with Crippen molar-refractivity contribution in [3.8, 4) is 0 Å². The maximum absolute atomic E-state index is 13.4. The predicted molar refractivity (Wildman–Crippen MR) is 159 cm³/mol. The summed E-state index contributed by atoms with van der Waals surface area (Å²) in [7, 11) is -4.18. The van der Waals surface area contributed by atoms with Crippen molar-refractivity contribution in [3.63, 3.8) is 0 Å². The quantitative estimate of drug-likeness (QED) is 0.299. The van der Waals surface area contributed by atoms with Gasteiger partial charge in [-0.3, -0.25) is 9.59 Å². The Labute approximate surface area is 254 Å². The molecule has 240 valence electrons. The summed E-state index contributed by atoms with van der Waals surface area (Å²) in [5.41, 5.74) is -2.60. The molecule has 0 unspecified atom stereocenters. The summed E-state index contributed by atoms with van der Waals surface area (Å²) in [6.07, 6.45) is 3.39. The first-order valence-electron chi connectivity index (χ1n) is 15.0. The second-order valence-electron chi connectivity index (χ2n) is 12.4. The molecule has 2 atom stereocenters. The molecule has 0 spiro atoms. The summed E-state index contributed by atoms with van der Waals surface area (Å²) in [5, 5.41) is 2.56. The maximum Gasteiger partial charge on any atom is 0.410 e. The number of benzene rings is 1. The lowest BCUT2D eigenvalue weighted by Gasteiger charge is -2.36. The van der Waals surface area contributed by atoms with Crippen molar-refractivity contribution in [2.45, 2.75) is 89.3 Å². The number of carbonyl (C=O) groups excluding carboxylic acids is 4. The zero-order valence-corrected chi connectivity index (χ0v) is 26.7. The van der Waals surface area contributed by atoms with E-state index in [1.54, 1.807) is 34.9 Å². The summed E-state index contributed by atoms with van der Waals surface area (Å²) in [5.74, 6) is -1.84. The van der Waals surface area contributed by atoms with Crippen LogP contribution in [0.2, 0.25) is 0 Å². The van der Waals surface area contributed by atoms with Crippen molar-refractivity contribution >= 4 is 33.9 Å². The molecule has 2 fully saturated rings. The third-order valence-electron chi connectivity index (χ3n) is 7.63. The van der Waals surface area contributed by atoms with Crippen molar-refractivity contribution in [1.82, 2.24) is 19.8 Å². The van der Waals surface area contributed by atoms with Gasteiger partial charge in [-0.05, 0) is 84.8 Å². The van der Waals surface area contributed by atoms with Gasteiger partial charge in [-0.25, -0.2) is 18.0 Å². The average molecular weight is 623 g/mol. The van der Waals surface area contributed by atoms with Crippen molar-refractivity contribution in [2.75, 3.05) is 32.8 Å². The van der Waals surface area contributed by atoms with E-state index in [4.69, 9.17) is 9.47 Å². The van der Waals surface area contributed by atoms with Gasteiger partial charge in [0, 0.05) is 32.6 Å². The molecule has 2 saturated heterocycles. The van der Waals surface area contributed by atoms with Gasteiger partial charge in [-0.1, -0.05) is 18.2 Å². The van der Waals surface area contributed by atoms with Gasteiger partial charge < -0.3 is 24.6 Å². The maximum atomic E-state index is 13.4. The molecule has 2 heterocycles. The number of ether oxygens (including phenoxy) is 2. The fourth-order valence-electron chi connectivity index (χ4n) is 5.30. The number of hydrogen-bond donors (Lipinski definition) is 2. The molecular formula is C30H46N4O8S. The molecule has 1 aromatic rings. The van der Waals surface area contributed by atoms with Crippen LogP contribution in [0.5, 0.6) is 0 Å². The first-order valence-corrected chi connectivity index (χ1v) is 16.5. The Kier molecular flexibility index (Phi) is 11.6. The van der Waals surface area contributed by atoms with Crippen LogP contribution < -0.4 is 10.0 Å². The molecular weight excluding hydrogens is 576 g/mol. The zero-order valence-electron chi connectivity index (χ0n) is 25.9. The van der Waals surface area contributed by atoms with E-state index < -0.39 is 39.1 Å². The second-order valence-corrected chi connectivity index (χ2v) is 14.1. The molecule has 2 aliphatic rings. The van der Waals surface area contributed by atoms with E-state index >= 15 is 0 Å². The van der Waals surface area contributed by atoms with E-state index in [9.17, 15) is 27.6 Å².